The summed E-state index contributed by atoms with van der Waals surface area (Å²) in [6, 6.07) is 10.9. The molecule has 1 aliphatic rings. The van der Waals surface area contributed by atoms with Crippen LogP contribution >= 0.6 is 11.6 Å². The largest absolute Gasteiger partial charge is 0.493 e. The van der Waals surface area contributed by atoms with E-state index in [9.17, 15) is 4.79 Å². The first-order valence-corrected chi connectivity index (χ1v) is 10.8. The van der Waals surface area contributed by atoms with Crippen molar-refractivity contribution in [2.45, 2.75) is 13.0 Å². The number of rotatable bonds is 7. The van der Waals surface area contributed by atoms with Gasteiger partial charge in [0.1, 0.15) is 18.1 Å². The van der Waals surface area contributed by atoms with Gasteiger partial charge in [-0.15, -0.1) is 0 Å². The molecule has 0 radical (unpaired) electrons. The number of pyridine rings is 1. The van der Waals surface area contributed by atoms with Crippen molar-refractivity contribution in [2.24, 2.45) is 0 Å². The van der Waals surface area contributed by atoms with Gasteiger partial charge < -0.3 is 29.5 Å². The van der Waals surface area contributed by atoms with E-state index in [0.29, 0.717) is 57.9 Å². The molecular weight excluding hydrogens is 444 g/mol. The molecule has 4 aromatic rings. The topological polar surface area (TPSA) is 101 Å². The van der Waals surface area contributed by atoms with Crippen LogP contribution in [0.15, 0.2) is 59.5 Å². The summed E-state index contributed by atoms with van der Waals surface area (Å²) in [7, 11) is 1.55. The van der Waals surface area contributed by atoms with Crippen molar-refractivity contribution in [3.8, 4) is 22.8 Å². The van der Waals surface area contributed by atoms with E-state index in [1.54, 1.807) is 37.9 Å². The van der Waals surface area contributed by atoms with Crippen LogP contribution < -0.4 is 20.1 Å². The first-order valence-electron chi connectivity index (χ1n) is 10.4. The fourth-order valence-corrected chi connectivity index (χ4v) is 4.15. The second-order valence-electron chi connectivity index (χ2n) is 7.42. The SMILES string of the molecule is COc1c(Cl)cccc1Nc1c(-c2ccncc2OCc2ccco2)[nH]c2c1C(=O)NCC2. The number of furan rings is 1. The van der Waals surface area contributed by atoms with E-state index in [0.717, 1.165) is 11.3 Å². The predicted molar refractivity (Wildman–Crippen MR) is 124 cm³/mol. The van der Waals surface area contributed by atoms with Crippen LogP contribution in [0.3, 0.4) is 0 Å². The van der Waals surface area contributed by atoms with E-state index in [-0.39, 0.29) is 12.5 Å². The number of amides is 1. The molecule has 0 fully saturated rings. The zero-order chi connectivity index (χ0) is 22.8. The van der Waals surface area contributed by atoms with E-state index in [1.807, 2.05) is 24.3 Å². The maximum atomic E-state index is 12.8. The summed E-state index contributed by atoms with van der Waals surface area (Å²) in [5, 5.41) is 6.75. The number of aromatic nitrogens is 2. The Morgan fingerprint density at radius 2 is 2.15 bits per heavy atom. The molecule has 1 amide bonds. The average molecular weight is 465 g/mol. The molecule has 168 valence electrons. The van der Waals surface area contributed by atoms with Gasteiger partial charge in [0.05, 0.1) is 47.2 Å². The average Bonchev–Trinajstić information content (AvgIpc) is 3.47. The zero-order valence-electron chi connectivity index (χ0n) is 17.8. The molecular formula is C24H21ClN4O4. The number of benzene rings is 1. The van der Waals surface area contributed by atoms with E-state index < -0.39 is 0 Å². The lowest BCUT2D eigenvalue weighted by Crippen LogP contribution is -2.31. The van der Waals surface area contributed by atoms with Crippen LogP contribution in [0, 0.1) is 0 Å². The number of anilines is 2. The Hall–Kier alpha value is -3.91. The van der Waals surface area contributed by atoms with Gasteiger partial charge >= 0.3 is 0 Å². The Morgan fingerprint density at radius 1 is 1.24 bits per heavy atom. The predicted octanol–water partition coefficient (Wildman–Crippen LogP) is 4.94. The van der Waals surface area contributed by atoms with Crippen molar-refractivity contribution < 1.29 is 18.7 Å². The lowest BCUT2D eigenvalue weighted by atomic mass is 10.0. The van der Waals surface area contributed by atoms with E-state index in [1.165, 1.54) is 0 Å². The summed E-state index contributed by atoms with van der Waals surface area (Å²) in [4.78, 5) is 20.5. The van der Waals surface area contributed by atoms with Crippen molar-refractivity contribution in [3.63, 3.8) is 0 Å². The highest BCUT2D eigenvalue weighted by molar-refractivity contribution is 6.32. The quantitative estimate of drug-likeness (QED) is 0.358. The molecule has 0 bridgehead atoms. The lowest BCUT2D eigenvalue weighted by Gasteiger charge is -2.17. The number of ether oxygens (including phenoxy) is 2. The standard InChI is InChI=1S/C24H21ClN4O4/c1-31-23-16(25)5-2-6-18(23)29-22-20-17(8-10-27-24(20)30)28-21(22)15-7-9-26-12-19(15)33-13-14-4-3-11-32-14/h2-7,9,11-12,28-29H,8,10,13H2,1H3,(H,27,30). The van der Waals surface area contributed by atoms with E-state index >= 15 is 0 Å². The van der Waals surface area contributed by atoms with Crippen LogP contribution in [-0.4, -0.2) is 29.5 Å². The Labute approximate surface area is 194 Å². The number of hydrogen-bond acceptors (Lipinski definition) is 6. The zero-order valence-corrected chi connectivity index (χ0v) is 18.5. The molecule has 4 heterocycles. The molecule has 0 unspecified atom stereocenters. The first kappa shape index (κ1) is 21.0. The van der Waals surface area contributed by atoms with E-state index in [4.69, 9.17) is 25.5 Å². The van der Waals surface area contributed by atoms with Crippen molar-refractivity contribution in [1.82, 2.24) is 15.3 Å². The highest BCUT2D eigenvalue weighted by Crippen LogP contribution is 2.42. The van der Waals surface area contributed by atoms with Crippen LogP contribution in [0.5, 0.6) is 11.5 Å². The number of fused-ring (bicyclic) bond motifs is 1. The van der Waals surface area contributed by atoms with Gasteiger partial charge in [0.25, 0.3) is 5.91 Å². The number of aromatic amines is 1. The van der Waals surface area contributed by atoms with Crippen molar-refractivity contribution >= 4 is 28.9 Å². The number of methoxy groups -OCH3 is 1. The highest BCUT2D eigenvalue weighted by atomic mass is 35.5. The second-order valence-corrected chi connectivity index (χ2v) is 7.83. The highest BCUT2D eigenvalue weighted by Gasteiger charge is 2.28. The molecule has 5 rings (SSSR count). The number of halogens is 1. The Balaban J connectivity index is 1.61. The monoisotopic (exact) mass is 464 g/mol. The third kappa shape index (κ3) is 4.01. The maximum Gasteiger partial charge on any atom is 0.255 e. The molecule has 0 saturated carbocycles. The minimum Gasteiger partial charge on any atom is -0.493 e. The maximum absolute atomic E-state index is 12.8. The number of carbonyl (C=O) groups is 1. The molecule has 33 heavy (non-hydrogen) atoms. The van der Waals surface area contributed by atoms with Gasteiger partial charge in [0, 0.05) is 30.4 Å². The Morgan fingerprint density at radius 3 is 2.97 bits per heavy atom. The molecule has 0 atom stereocenters. The van der Waals surface area contributed by atoms with Gasteiger partial charge in [-0.2, -0.15) is 0 Å². The normalized spacial score (nSPS) is 12.7. The van der Waals surface area contributed by atoms with Gasteiger partial charge in [0.2, 0.25) is 0 Å². The third-order valence-electron chi connectivity index (χ3n) is 5.40. The van der Waals surface area contributed by atoms with Crippen LogP contribution in [0.25, 0.3) is 11.3 Å². The molecule has 0 aliphatic carbocycles. The van der Waals surface area contributed by atoms with Gasteiger partial charge in [-0.1, -0.05) is 17.7 Å². The summed E-state index contributed by atoms with van der Waals surface area (Å²) in [6.45, 7) is 0.807. The summed E-state index contributed by atoms with van der Waals surface area (Å²) in [5.74, 6) is 1.57. The fourth-order valence-electron chi connectivity index (χ4n) is 3.90. The van der Waals surface area contributed by atoms with Gasteiger partial charge in [-0.3, -0.25) is 9.78 Å². The molecule has 1 aliphatic heterocycles. The molecule has 8 nitrogen and oxygen atoms in total. The molecule has 9 heteroatoms. The first-order chi connectivity index (χ1) is 16.2. The smallest absolute Gasteiger partial charge is 0.255 e. The summed E-state index contributed by atoms with van der Waals surface area (Å²) in [5.41, 5.74) is 4.09. The van der Waals surface area contributed by atoms with E-state index in [2.05, 4.69) is 20.6 Å². The van der Waals surface area contributed by atoms with Gasteiger partial charge in [-0.25, -0.2) is 0 Å². The molecule has 1 aromatic carbocycles. The van der Waals surface area contributed by atoms with Crippen molar-refractivity contribution in [2.75, 3.05) is 19.0 Å². The number of nitrogens with one attached hydrogen (secondary N) is 3. The lowest BCUT2D eigenvalue weighted by molar-refractivity contribution is 0.0947. The molecule has 0 spiro atoms. The van der Waals surface area contributed by atoms with Gasteiger partial charge in [0.15, 0.2) is 5.75 Å². The fraction of sp³-hybridized carbons (Fsp3) is 0.167. The minimum atomic E-state index is -0.158. The third-order valence-corrected chi connectivity index (χ3v) is 5.70. The van der Waals surface area contributed by atoms with Crippen LogP contribution in [0.2, 0.25) is 5.02 Å². The molecule has 0 saturated heterocycles. The number of para-hydroxylation sites is 1. The second kappa shape index (κ2) is 8.91. The number of H-pyrrole nitrogens is 1. The number of carbonyl (C=O) groups excluding carboxylic acids is 1. The summed E-state index contributed by atoms with van der Waals surface area (Å²) >= 11 is 6.32. The van der Waals surface area contributed by atoms with Crippen LogP contribution in [0.1, 0.15) is 21.8 Å². The van der Waals surface area contributed by atoms with Crippen molar-refractivity contribution in [3.05, 3.63) is 77.1 Å². The van der Waals surface area contributed by atoms with Crippen molar-refractivity contribution in [1.29, 1.82) is 0 Å². The van der Waals surface area contributed by atoms with Crippen LogP contribution in [-0.2, 0) is 13.0 Å². The summed E-state index contributed by atoms with van der Waals surface area (Å²) in [6.07, 6.45) is 5.59. The minimum absolute atomic E-state index is 0.158. The van der Waals surface area contributed by atoms with Gasteiger partial charge in [-0.05, 0) is 30.3 Å². The number of hydrogen-bond donors (Lipinski definition) is 3. The molecule has 3 aromatic heterocycles. The Bertz CT molecular complexity index is 1300. The molecule has 3 N–H and O–H groups in total. The van der Waals surface area contributed by atoms with Crippen LogP contribution in [0.4, 0.5) is 11.4 Å². The Kier molecular flexibility index (Phi) is 5.66. The summed E-state index contributed by atoms with van der Waals surface area (Å²) < 4.78 is 16.9. The number of nitrogens with zero attached hydrogens (tertiary/aromatic N) is 1.